The molecule has 174 valence electrons. The van der Waals surface area contributed by atoms with Crippen molar-refractivity contribution in [3.63, 3.8) is 0 Å². The van der Waals surface area contributed by atoms with Crippen molar-refractivity contribution < 1.29 is 23.8 Å². The third kappa shape index (κ3) is 5.55. The molecule has 0 saturated heterocycles. The van der Waals surface area contributed by atoms with E-state index < -0.39 is 11.9 Å². The molecule has 0 radical (unpaired) electrons. The maximum atomic E-state index is 13.0. The number of benzene rings is 1. The van der Waals surface area contributed by atoms with Gasteiger partial charge in [-0.15, -0.1) is 11.3 Å². The number of carbonyl (C=O) groups excluding carboxylic acids is 2. The molecular formula is C25H28N2O5S. The Morgan fingerprint density at radius 1 is 1.27 bits per heavy atom. The zero-order chi connectivity index (χ0) is 24.0. The van der Waals surface area contributed by atoms with E-state index in [1.165, 1.54) is 24.5 Å². The number of carbonyl (C=O) groups is 2. The fourth-order valence-electron chi connectivity index (χ4n) is 3.79. The molecule has 1 aromatic heterocycles. The fraction of sp³-hybridized carbons (Fsp3) is 0.400. The molecule has 8 heteroatoms. The second-order valence-corrected chi connectivity index (χ2v) is 8.85. The second kappa shape index (κ2) is 11.0. The van der Waals surface area contributed by atoms with Crippen LogP contribution in [0.4, 0.5) is 5.00 Å². The van der Waals surface area contributed by atoms with Crippen LogP contribution < -0.4 is 14.8 Å². The number of anilines is 1. The number of esters is 1. The van der Waals surface area contributed by atoms with Crippen LogP contribution in [0.1, 0.15) is 53.6 Å². The van der Waals surface area contributed by atoms with Crippen LogP contribution in [-0.2, 0) is 22.4 Å². The van der Waals surface area contributed by atoms with Crippen molar-refractivity contribution in [3.8, 4) is 17.6 Å². The molecular weight excluding hydrogens is 440 g/mol. The predicted molar refractivity (Wildman–Crippen MR) is 128 cm³/mol. The van der Waals surface area contributed by atoms with E-state index in [9.17, 15) is 14.9 Å². The van der Waals surface area contributed by atoms with E-state index >= 15 is 0 Å². The zero-order valence-corrected chi connectivity index (χ0v) is 20.1. The first-order valence-electron chi connectivity index (χ1n) is 11.0. The van der Waals surface area contributed by atoms with Gasteiger partial charge in [0.15, 0.2) is 11.5 Å². The number of methoxy groups -OCH3 is 1. The molecule has 33 heavy (non-hydrogen) atoms. The first-order chi connectivity index (χ1) is 15.9. The predicted octanol–water partition coefficient (Wildman–Crippen LogP) is 5.00. The monoisotopic (exact) mass is 468 g/mol. The number of thiophene rings is 1. The molecule has 0 bridgehead atoms. The van der Waals surface area contributed by atoms with Crippen molar-refractivity contribution in [2.75, 3.05) is 25.6 Å². The topological polar surface area (TPSA) is 97.7 Å². The van der Waals surface area contributed by atoms with Gasteiger partial charge in [0.25, 0.3) is 5.91 Å². The summed E-state index contributed by atoms with van der Waals surface area (Å²) in [6, 6.07) is 7.13. The summed E-state index contributed by atoms with van der Waals surface area (Å²) < 4.78 is 16.1. The zero-order valence-electron chi connectivity index (χ0n) is 19.3. The number of amides is 1. The Balaban J connectivity index is 1.91. The number of fused-ring (bicyclic) bond motifs is 1. The highest BCUT2D eigenvalue weighted by Crippen LogP contribution is 2.40. The average Bonchev–Trinajstić information content (AvgIpc) is 3.15. The van der Waals surface area contributed by atoms with Gasteiger partial charge in [-0.25, -0.2) is 4.79 Å². The first-order valence-corrected chi connectivity index (χ1v) is 11.8. The minimum Gasteiger partial charge on any atom is -0.493 e. The van der Waals surface area contributed by atoms with Crippen molar-refractivity contribution in [2.24, 2.45) is 5.92 Å². The fourth-order valence-corrected chi connectivity index (χ4v) is 5.19. The molecule has 1 aliphatic rings. The lowest BCUT2D eigenvalue weighted by atomic mass is 9.88. The number of hydrogen-bond donors (Lipinski definition) is 1. The number of hydrogen-bond acceptors (Lipinski definition) is 7. The molecule has 1 amide bonds. The molecule has 0 spiro atoms. The highest BCUT2D eigenvalue weighted by atomic mass is 32.1. The van der Waals surface area contributed by atoms with Gasteiger partial charge >= 0.3 is 5.97 Å². The summed E-state index contributed by atoms with van der Waals surface area (Å²) in [5, 5.41) is 12.9. The van der Waals surface area contributed by atoms with E-state index in [0.29, 0.717) is 40.2 Å². The molecule has 1 unspecified atom stereocenters. The molecule has 1 aliphatic carbocycles. The third-order valence-corrected chi connectivity index (χ3v) is 6.55. The van der Waals surface area contributed by atoms with E-state index in [2.05, 4.69) is 12.2 Å². The Kier molecular flexibility index (Phi) is 8.12. The van der Waals surface area contributed by atoms with E-state index in [1.54, 1.807) is 25.1 Å². The van der Waals surface area contributed by atoms with Gasteiger partial charge in [-0.05, 0) is 68.4 Å². The standard InChI is InChI=1S/C25H28N2O5S/c1-5-31-19-10-8-16(13-20(19)30-4)12-17(14-26)23(28)27-24-22(25(29)32-6-2)18-9-7-15(3)11-21(18)33-24/h8,10,12-13,15H,5-7,9,11H2,1-4H3,(H,27,28)/b17-12+. The average molecular weight is 469 g/mol. The minimum absolute atomic E-state index is 0.0873. The van der Waals surface area contributed by atoms with E-state index in [-0.39, 0.29) is 12.2 Å². The van der Waals surface area contributed by atoms with Crippen LogP contribution in [0, 0.1) is 17.2 Å². The smallest absolute Gasteiger partial charge is 0.341 e. The van der Waals surface area contributed by atoms with E-state index in [4.69, 9.17) is 14.2 Å². The van der Waals surface area contributed by atoms with Gasteiger partial charge in [-0.1, -0.05) is 13.0 Å². The van der Waals surface area contributed by atoms with E-state index in [0.717, 1.165) is 29.7 Å². The summed E-state index contributed by atoms with van der Waals surface area (Å²) >= 11 is 1.39. The molecule has 1 aromatic carbocycles. The van der Waals surface area contributed by atoms with Crippen LogP contribution in [0.15, 0.2) is 23.8 Å². The molecule has 2 aromatic rings. The molecule has 0 fully saturated rings. The Hall–Kier alpha value is -3.31. The number of nitrogens with zero attached hydrogens (tertiary/aromatic N) is 1. The number of nitrogens with one attached hydrogen (secondary N) is 1. The van der Waals surface area contributed by atoms with E-state index in [1.807, 2.05) is 13.0 Å². The largest absolute Gasteiger partial charge is 0.493 e. The van der Waals surface area contributed by atoms with Crippen LogP contribution in [0.3, 0.4) is 0 Å². The van der Waals surface area contributed by atoms with Gasteiger partial charge < -0.3 is 19.5 Å². The van der Waals surface area contributed by atoms with Crippen LogP contribution in [-0.4, -0.2) is 32.2 Å². The van der Waals surface area contributed by atoms with Crippen molar-refractivity contribution in [3.05, 3.63) is 45.3 Å². The van der Waals surface area contributed by atoms with Gasteiger partial charge in [0.05, 0.1) is 25.9 Å². The Morgan fingerprint density at radius 3 is 2.73 bits per heavy atom. The summed E-state index contributed by atoms with van der Waals surface area (Å²) in [6.45, 7) is 6.53. The minimum atomic E-state index is -0.581. The lowest BCUT2D eigenvalue weighted by molar-refractivity contribution is -0.112. The number of ether oxygens (including phenoxy) is 3. The molecule has 7 nitrogen and oxygen atoms in total. The van der Waals surface area contributed by atoms with Crippen molar-refractivity contribution in [1.29, 1.82) is 5.26 Å². The van der Waals surface area contributed by atoms with Crippen molar-refractivity contribution >= 4 is 34.3 Å². The summed E-state index contributed by atoms with van der Waals surface area (Å²) in [4.78, 5) is 26.7. The third-order valence-electron chi connectivity index (χ3n) is 5.38. The maximum Gasteiger partial charge on any atom is 0.341 e. The lowest BCUT2D eigenvalue weighted by Gasteiger charge is -2.18. The van der Waals surface area contributed by atoms with Crippen LogP contribution in [0.25, 0.3) is 6.08 Å². The maximum absolute atomic E-state index is 13.0. The molecule has 0 aliphatic heterocycles. The van der Waals surface area contributed by atoms with Crippen LogP contribution in [0.5, 0.6) is 11.5 Å². The molecule has 1 atom stereocenters. The molecule has 0 saturated carbocycles. The van der Waals surface area contributed by atoms with Crippen LogP contribution >= 0.6 is 11.3 Å². The number of nitriles is 1. The van der Waals surface area contributed by atoms with Gasteiger partial charge in [0.2, 0.25) is 0 Å². The second-order valence-electron chi connectivity index (χ2n) is 7.74. The highest BCUT2D eigenvalue weighted by Gasteiger charge is 2.29. The van der Waals surface area contributed by atoms with Crippen molar-refractivity contribution in [2.45, 2.75) is 40.0 Å². The Bertz CT molecular complexity index is 1110. The van der Waals surface area contributed by atoms with Gasteiger partial charge in [0.1, 0.15) is 16.6 Å². The Morgan fingerprint density at radius 2 is 2.06 bits per heavy atom. The summed E-state index contributed by atoms with van der Waals surface area (Å²) in [5.74, 6) is 0.575. The number of rotatable bonds is 8. The first kappa shape index (κ1) is 24.3. The molecule has 1 heterocycles. The molecule has 3 rings (SSSR count). The lowest BCUT2D eigenvalue weighted by Crippen LogP contribution is -2.17. The summed E-state index contributed by atoms with van der Waals surface area (Å²) in [6.07, 6.45) is 4.08. The Labute approximate surface area is 198 Å². The quantitative estimate of drug-likeness (QED) is 0.333. The van der Waals surface area contributed by atoms with Gasteiger partial charge in [-0.2, -0.15) is 5.26 Å². The normalized spacial score (nSPS) is 15.2. The SMILES string of the molecule is CCOC(=O)c1c(NC(=O)/C(C#N)=C/c2ccc(OCC)c(OC)c2)sc2c1CCC(C)C2. The van der Waals surface area contributed by atoms with Crippen LogP contribution in [0.2, 0.25) is 0 Å². The van der Waals surface area contributed by atoms with Crippen molar-refractivity contribution in [1.82, 2.24) is 0 Å². The molecule has 1 N–H and O–H groups in total. The van der Waals surface area contributed by atoms with Gasteiger partial charge in [-0.3, -0.25) is 4.79 Å². The summed E-state index contributed by atoms with van der Waals surface area (Å²) in [7, 11) is 1.53. The highest BCUT2D eigenvalue weighted by molar-refractivity contribution is 7.17. The van der Waals surface area contributed by atoms with Gasteiger partial charge in [0, 0.05) is 4.88 Å². The summed E-state index contributed by atoms with van der Waals surface area (Å²) in [5.41, 5.74) is 1.89.